The molecule has 0 aliphatic carbocycles. The summed E-state index contributed by atoms with van der Waals surface area (Å²) in [6.07, 6.45) is 4.84. The molecule has 0 aliphatic heterocycles. The second kappa shape index (κ2) is 7.42. The Morgan fingerprint density at radius 3 is 2.74 bits per heavy atom. The van der Waals surface area contributed by atoms with Gasteiger partial charge in [-0.1, -0.05) is 13.3 Å². The quantitative estimate of drug-likeness (QED) is 0.646. The molecule has 0 aliphatic rings. The Morgan fingerprint density at radius 1 is 1.42 bits per heavy atom. The van der Waals surface area contributed by atoms with Gasteiger partial charge >= 0.3 is 0 Å². The molecule has 7 heteroatoms. The van der Waals surface area contributed by atoms with Gasteiger partial charge in [0.2, 0.25) is 15.5 Å². The average molecular weight is 288 g/mol. The number of H-pyrrole nitrogens is 1. The summed E-state index contributed by atoms with van der Waals surface area (Å²) in [7, 11) is -3.80. The first-order valence-electron chi connectivity index (χ1n) is 6.29. The highest BCUT2D eigenvalue weighted by atomic mass is 32.2. The van der Waals surface area contributed by atoms with Gasteiger partial charge in [0.25, 0.3) is 0 Å². The van der Waals surface area contributed by atoms with E-state index in [0.717, 1.165) is 12.8 Å². The van der Waals surface area contributed by atoms with E-state index in [1.54, 1.807) is 0 Å². The van der Waals surface area contributed by atoms with Gasteiger partial charge in [-0.15, -0.1) is 0 Å². The third kappa shape index (κ3) is 4.77. The van der Waals surface area contributed by atoms with Crippen LogP contribution < -0.4 is 10.2 Å². The lowest BCUT2D eigenvalue weighted by molar-refractivity contribution is 0.251. The number of nitrogens with one attached hydrogen (secondary N) is 2. The van der Waals surface area contributed by atoms with Gasteiger partial charge in [0.15, 0.2) is 0 Å². The molecule has 0 spiro atoms. The lowest BCUT2D eigenvalue weighted by atomic mass is 10.0. The van der Waals surface area contributed by atoms with Crippen LogP contribution in [0.25, 0.3) is 0 Å². The van der Waals surface area contributed by atoms with Gasteiger partial charge in [0.05, 0.1) is 0 Å². The van der Waals surface area contributed by atoms with E-state index < -0.39 is 15.5 Å². The Bertz CT molecular complexity index is 533. The van der Waals surface area contributed by atoms with Crippen LogP contribution in [0.1, 0.15) is 26.2 Å². The van der Waals surface area contributed by atoms with Crippen LogP contribution in [0.5, 0.6) is 0 Å². The predicted molar refractivity (Wildman–Crippen MR) is 72.4 cm³/mol. The molecule has 0 saturated heterocycles. The Kier molecular flexibility index (Phi) is 6.20. The van der Waals surface area contributed by atoms with Gasteiger partial charge < -0.3 is 10.1 Å². The third-order valence-electron chi connectivity index (χ3n) is 2.87. The van der Waals surface area contributed by atoms with Crippen molar-refractivity contribution in [2.24, 2.45) is 5.92 Å². The van der Waals surface area contributed by atoms with Crippen LogP contribution in [-0.4, -0.2) is 31.7 Å². The van der Waals surface area contributed by atoms with E-state index in [4.69, 9.17) is 5.11 Å². The summed E-state index contributed by atoms with van der Waals surface area (Å²) in [5, 5.41) is 8.92. The number of aliphatic hydroxyl groups excluding tert-OH is 1. The summed E-state index contributed by atoms with van der Waals surface area (Å²) in [6.45, 7) is 2.25. The van der Waals surface area contributed by atoms with E-state index in [1.807, 2.05) is 6.92 Å². The molecular formula is C12H20N2O4S. The van der Waals surface area contributed by atoms with E-state index in [1.165, 1.54) is 18.5 Å². The maximum atomic E-state index is 12.0. The first-order chi connectivity index (χ1) is 9.01. The monoisotopic (exact) mass is 288 g/mol. The van der Waals surface area contributed by atoms with Crippen molar-refractivity contribution in [2.45, 2.75) is 31.1 Å². The van der Waals surface area contributed by atoms with E-state index in [-0.39, 0.29) is 24.0 Å². The first-order valence-corrected chi connectivity index (χ1v) is 7.77. The third-order valence-corrected chi connectivity index (χ3v) is 4.32. The average Bonchev–Trinajstić information content (AvgIpc) is 2.37. The summed E-state index contributed by atoms with van der Waals surface area (Å²) >= 11 is 0. The Balaban J connectivity index is 2.75. The Labute approximate surface area is 112 Å². The van der Waals surface area contributed by atoms with E-state index in [9.17, 15) is 13.2 Å². The Hall–Kier alpha value is -1.18. The van der Waals surface area contributed by atoms with Crippen LogP contribution in [0, 0.1) is 5.92 Å². The second-order valence-electron chi connectivity index (χ2n) is 4.39. The molecule has 1 unspecified atom stereocenters. The maximum absolute atomic E-state index is 12.0. The van der Waals surface area contributed by atoms with Gasteiger partial charge in [-0.05, 0) is 18.8 Å². The minimum atomic E-state index is -3.80. The first kappa shape index (κ1) is 15.9. The number of rotatable bonds is 8. The number of sulfonamides is 1. The smallest absolute Gasteiger partial charge is 0.245 e. The van der Waals surface area contributed by atoms with Gasteiger partial charge in [-0.25, -0.2) is 13.1 Å². The van der Waals surface area contributed by atoms with Crippen molar-refractivity contribution in [1.82, 2.24) is 9.71 Å². The summed E-state index contributed by atoms with van der Waals surface area (Å²) in [6, 6.07) is 1.17. The minimum Gasteiger partial charge on any atom is -0.396 e. The minimum absolute atomic E-state index is 0.0261. The van der Waals surface area contributed by atoms with Gasteiger partial charge in [0, 0.05) is 31.6 Å². The zero-order valence-electron chi connectivity index (χ0n) is 10.9. The topological polar surface area (TPSA) is 99.3 Å². The molecule has 1 heterocycles. The van der Waals surface area contributed by atoms with Gasteiger partial charge in [0.1, 0.15) is 4.90 Å². The molecule has 3 N–H and O–H groups in total. The highest BCUT2D eigenvalue weighted by molar-refractivity contribution is 7.89. The van der Waals surface area contributed by atoms with Crippen LogP contribution >= 0.6 is 0 Å². The highest BCUT2D eigenvalue weighted by Gasteiger charge is 2.19. The number of hydrogen-bond acceptors (Lipinski definition) is 4. The molecule has 0 fully saturated rings. The van der Waals surface area contributed by atoms with E-state index >= 15 is 0 Å². The lowest BCUT2D eigenvalue weighted by Crippen LogP contribution is -2.32. The normalized spacial score (nSPS) is 13.4. The SMILES string of the molecule is CCCC(CCO)CNS(=O)(=O)c1c[nH]ccc1=O. The van der Waals surface area contributed by atoms with E-state index in [0.29, 0.717) is 6.42 Å². The maximum Gasteiger partial charge on any atom is 0.245 e. The molecule has 1 aromatic rings. The fourth-order valence-electron chi connectivity index (χ4n) is 1.86. The number of aromatic nitrogens is 1. The fraction of sp³-hybridized carbons (Fsp3) is 0.583. The van der Waals surface area contributed by atoms with E-state index in [2.05, 4.69) is 9.71 Å². The van der Waals surface area contributed by atoms with Crippen LogP contribution in [0.2, 0.25) is 0 Å². The van der Waals surface area contributed by atoms with Crippen molar-refractivity contribution < 1.29 is 13.5 Å². The molecule has 0 amide bonds. The number of hydrogen-bond donors (Lipinski definition) is 3. The van der Waals surface area contributed by atoms with Crippen LogP contribution in [0.3, 0.4) is 0 Å². The molecule has 0 radical (unpaired) electrons. The van der Waals surface area contributed by atoms with Crippen molar-refractivity contribution in [2.75, 3.05) is 13.2 Å². The molecule has 0 saturated carbocycles. The molecule has 1 atom stereocenters. The summed E-state index contributed by atoms with van der Waals surface area (Å²) in [5.41, 5.74) is -0.541. The summed E-state index contributed by atoms with van der Waals surface area (Å²) in [4.78, 5) is 13.8. The predicted octanol–water partition coefficient (Wildman–Crippen LogP) is 0.452. The molecule has 0 bridgehead atoms. The summed E-state index contributed by atoms with van der Waals surface area (Å²) in [5.74, 6) is 0.0765. The van der Waals surface area contributed by atoms with Crippen molar-refractivity contribution in [3.63, 3.8) is 0 Å². The second-order valence-corrected chi connectivity index (χ2v) is 6.13. The number of pyridine rings is 1. The highest BCUT2D eigenvalue weighted by Crippen LogP contribution is 2.11. The van der Waals surface area contributed by atoms with Crippen LogP contribution in [0.4, 0.5) is 0 Å². The molecule has 19 heavy (non-hydrogen) atoms. The van der Waals surface area contributed by atoms with Crippen LogP contribution in [0.15, 0.2) is 28.2 Å². The largest absolute Gasteiger partial charge is 0.396 e. The van der Waals surface area contributed by atoms with Crippen molar-refractivity contribution in [1.29, 1.82) is 0 Å². The zero-order valence-corrected chi connectivity index (χ0v) is 11.7. The summed E-state index contributed by atoms with van der Waals surface area (Å²) < 4.78 is 26.4. The van der Waals surface area contributed by atoms with Crippen LogP contribution in [-0.2, 0) is 10.0 Å². The van der Waals surface area contributed by atoms with Crippen molar-refractivity contribution in [3.05, 3.63) is 28.7 Å². The van der Waals surface area contributed by atoms with Crippen molar-refractivity contribution in [3.8, 4) is 0 Å². The van der Waals surface area contributed by atoms with Gasteiger partial charge in [-0.3, -0.25) is 4.79 Å². The molecule has 0 aromatic carbocycles. The molecule has 1 aromatic heterocycles. The zero-order chi connectivity index (χ0) is 14.3. The van der Waals surface area contributed by atoms with Gasteiger partial charge in [-0.2, -0.15) is 0 Å². The molecule has 108 valence electrons. The van der Waals surface area contributed by atoms with Crippen molar-refractivity contribution >= 4 is 10.0 Å². The fourth-order valence-corrected chi connectivity index (χ4v) is 3.02. The standard InChI is InChI=1S/C12H20N2O4S/c1-2-3-10(5-7-15)8-14-19(17,18)12-9-13-6-4-11(12)16/h4,6,9-10,14-15H,2-3,5,7-8H2,1H3,(H,13,16). The molecule has 1 rings (SSSR count). The molecule has 6 nitrogen and oxygen atoms in total. The number of aromatic amines is 1. The Morgan fingerprint density at radius 2 is 2.16 bits per heavy atom. The number of aliphatic hydroxyl groups is 1. The lowest BCUT2D eigenvalue weighted by Gasteiger charge is -2.15. The molecular weight excluding hydrogens is 268 g/mol.